The van der Waals surface area contributed by atoms with Gasteiger partial charge < -0.3 is 15.0 Å². The maximum atomic E-state index is 11.6. The molecule has 3 atom stereocenters. The van der Waals surface area contributed by atoms with Crippen molar-refractivity contribution in [1.82, 2.24) is 9.55 Å². The molecule has 7 nitrogen and oxygen atoms in total. The molecule has 17 heavy (non-hydrogen) atoms. The van der Waals surface area contributed by atoms with E-state index >= 15 is 0 Å². The minimum atomic E-state index is -0.682. The molecule has 0 radical (unpaired) electrons. The Kier molecular flexibility index (Phi) is 3.10. The Morgan fingerprint density at radius 1 is 1.71 bits per heavy atom. The molecule has 0 aliphatic carbocycles. The third-order valence-electron chi connectivity index (χ3n) is 2.60. The summed E-state index contributed by atoms with van der Waals surface area (Å²) < 4.78 is 13.7. The highest BCUT2D eigenvalue weighted by Crippen LogP contribution is 2.27. The molecular weight excluding hydrogens is 296 g/mol. The monoisotopic (exact) mass is 308 g/mol. The van der Waals surface area contributed by atoms with Crippen molar-refractivity contribution >= 4 is 15.9 Å². The lowest BCUT2D eigenvalue weighted by molar-refractivity contribution is -0.0459. The smallest absolute Gasteiger partial charge is 0.330 e. The largest absolute Gasteiger partial charge is 0.394 e. The van der Waals surface area contributed by atoms with E-state index in [0.717, 1.165) is 0 Å². The molecule has 1 aliphatic heterocycles. The van der Waals surface area contributed by atoms with Crippen LogP contribution in [-0.4, -0.2) is 40.0 Å². The summed E-state index contributed by atoms with van der Waals surface area (Å²) in [5.41, 5.74) is -1.14. The number of nitrogens with zero attached hydrogens (tertiary/aromatic N) is 1. The van der Waals surface area contributed by atoms with Crippen molar-refractivity contribution in [2.45, 2.75) is 24.9 Å². The molecule has 1 aromatic heterocycles. The summed E-state index contributed by atoms with van der Waals surface area (Å²) in [5.74, 6) is 0. The van der Waals surface area contributed by atoms with E-state index in [9.17, 15) is 9.59 Å². The molecule has 1 aliphatic rings. The van der Waals surface area contributed by atoms with E-state index in [4.69, 9.17) is 11.3 Å². The molecule has 1 aromatic rings. The fraction of sp³-hybridized carbons (Fsp3) is 0.556. The number of hydrogen-bond donors (Lipinski definition) is 3. The maximum Gasteiger partial charge on any atom is 0.330 e. The van der Waals surface area contributed by atoms with Crippen LogP contribution in [0.5, 0.6) is 0 Å². The first kappa shape index (κ1) is 11.1. The number of nitrogens with one attached hydrogen (secondary N) is 1. The number of hydrogen-bond acceptors (Lipinski definition) is 5. The lowest BCUT2D eigenvalue weighted by Gasteiger charge is -2.14. The Labute approximate surface area is 105 Å². The second-order valence-corrected chi connectivity index (χ2v) is 4.58. The van der Waals surface area contributed by atoms with Gasteiger partial charge in [-0.05, 0) is 15.9 Å². The number of halogens is 1. The van der Waals surface area contributed by atoms with E-state index in [1.807, 2.05) is 0 Å². The van der Waals surface area contributed by atoms with Gasteiger partial charge in [-0.25, -0.2) is 4.79 Å². The zero-order valence-corrected chi connectivity index (χ0v) is 10.2. The second-order valence-electron chi connectivity index (χ2n) is 3.73. The Bertz CT molecular complexity index is 532. The van der Waals surface area contributed by atoms with E-state index in [0.29, 0.717) is 0 Å². The fourth-order valence-corrected chi connectivity index (χ4v) is 2.03. The van der Waals surface area contributed by atoms with Crippen LogP contribution in [0.1, 0.15) is 12.6 Å². The molecule has 3 N–H and O–H groups in total. The van der Waals surface area contributed by atoms with Crippen LogP contribution in [0, 0.1) is 0 Å². The van der Waals surface area contributed by atoms with Gasteiger partial charge in [0.2, 0.25) is 1.43 Å². The molecule has 0 amide bonds. The van der Waals surface area contributed by atoms with Gasteiger partial charge in [-0.1, -0.05) is 0 Å². The van der Waals surface area contributed by atoms with Crippen molar-refractivity contribution in [1.29, 1.82) is 1.43 Å². The number of aromatic nitrogens is 2. The van der Waals surface area contributed by atoms with Crippen molar-refractivity contribution < 1.29 is 15.0 Å². The van der Waals surface area contributed by atoms with Crippen molar-refractivity contribution in [3.8, 4) is 0 Å². The van der Waals surface area contributed by atoms with Crippen LogP contribution in [0.25, 0.3) is 0 Å². The summed E-state index contributed by atoms with van der Waals surface area (Å²) in [4.78, 5) is 24.9. The Morgan fingerprint density at radius 2 is 2.47 bits per heavy atom. The van der Waals surface area contributed by atoms with Crippen molar-refractivity contribution in [2.24, 2.45) is 0 Å². The summed E-state index contributed by atoms with van der Waals surface area (Å²) in [5, 5.41) is 13.5. The molecule has 2 heterocycles. The molecule has 0 aromatic carbocycles. The molecule has 1 unspecified atom stereocenters. The Hall–Kier alpha value is -0.960. The number of aliphatic hydroxyl groups excluding tert-OH is 2. The Morgan fingerprint density at radius 3 is 3.06 bits per heavy atom. The van der Waals surface area contributed by atoms with Crippen LogP contribution in [0.2, 0.25) is 0 Å². The van der Waals surface area contributed by atoms with Crippen LogP contribution in [-0.2, 0) is 4.74 Å². The molecule has 0 saturated carbocycles. The number of aromatic amines is 1. The molecular formula is C9H11BrN2O5. The number of aliphatic hydroxyl groups is 2. The standard InChI is InChI=1S/C9H11BrN2O5/c10-4-2-12(9(16)11-8(4)15)7-1-5(14)6(3-13)17-7/h2,5-7,13-14H,1,3H2,(H,11,15,16)/t5?,6-,7-/m1/s1/i14T. The zero-order chi connectivity index (χ0) is 13.3. The van der Waals surface area contributed by atoms with Crippen LogP contribution in [0.4, 0.5) is 0 Å². The third kappa shape index (κ3) is 2.34. The first-order valence-electron chi connectivity index (χ1n) is 5.37. The first-order valence-corrected chi connectivity index (χ1v) is 5.75. The van der Waals surface area contributed by atoms with E-state index in [-0.39, 0.29) is 17.5 Å². The van der Waals surface area contributed by atoms with E-state index < -0.39 is 29.7 Å². The summed E-state index contributed by atoms with van der Waals surface area (Å²) in [6.45, 7) is -0.306. The van der Waals surface area contributed by atoms with E-state index in [1.165, 1.54) is 10.8 Å². The van der Waals surface area contributed by atoms with Crippen LogP contribution in [0.15, 0.2) is 20.3 Å². The average molecular weight is 309 g/mol. The highest BCUT2D eigenvalue weighted by Gasteiger charge is 2.35. The third-order valence-corrected chi connectivity index (χ3v) is 3.16. The van der Waals surface area contributed by atoms with Gasteiger partial charge in [-0.2, -0.15) is 0 Å². The predicted octanol–water partition coefficient (Wildman–Crippen LogP) is -1.06. The topological polar surface area (TPSA) is 105 Å². The van der Waals surface area contributed by atoms with Crippen LogP contribution >= 0.6 is 15.9 Å². The zero-order valence-electron chi connectivity index (χ0n) is 9.63. The van der Waals surface area contributed by atoms with Crippen molar-refractivity contribution in [2.75, 3.05) is 6.61 Å². The minimum absolute atomic E-state index is 0.196. The van der Waals surface area contributed by atoms with Gasteiger partial charge in [0.1, 0.15) is 12.3 Å². The summed E-state index contributed by atoms with van der Waals surface area (Å²) >= 11 is 3.01. The maximum absolute atomic E-state index is 11.6. The first-order chi connectivity index (χ1) is 8.56. The normalized spacial score (nSPS) is 29.3. The number of rotatable bonds is 3. The van der Waals surface area contributed by atoms with Gasteiger partial charge in [-0.3, -0.25) is 14.3 Å². The highest BCUT2D eigenvalue weighted by atomic mass is 79.9. The Balaban J connectivity index is 2.31. The SMILES string of the molecule is [3H]OC1C[C@H](n2cc(Br)c(=O)[nH]c2=O)O[C@@H]1CO. The van der Waals surface area contributed by atoms with Gasteiger partial charge in [0.25, 0.3) is 5.56 Å². The molecule has 0 spiro atoms. The average Bonchev–Trinajstić information content (AvgIpc) is 2.76. The molecule has 94 valence electrons. The van der Waals surface area contributed by atoms with E-state index in [2.05, 4.69) is 26.0 Å². The quantitative estimate of drug-likeness (QED) is 0.660. The fourth-order valence-electron chi connectivity index (χ4n) is 1.71. The molecule has 1 fully saturated rings. The number of H-pyrrole nitrogens is 1. The van der Waals surface area contributed by atoms with Crippen LogP contribution < -0.4 is 11.2 Å². The van der Waals surface area contributed by atoms with Gasteiger partial charge in [-0.15, -0.1) is 0 Å². The highest BCUT2D eigenvalue weighted by molar-refractivity contribution is 9.10. The summed E-state index contributed by atoms with van der Waals surface area (Å²) in [6, 6.07) is 0. The molecule has 0 bridgehead atoms. The second kappa shape index (κ2) is 4.73. The van der Waals surface area contributed by atoms with Gasteiger partial charge in [0, 0.05) is 12.6 Å². The number of ether oxygens (including phenoxy) is 1. The van der Waals surface area contributed by atoms with Gasteiger partial charge in [0.15, 0.2) is 0 Å². The molecule has 2 rings (SSSR count). The van der Waals surface area contributed by atoms with Crippen LogP contribution in [0.3, 0.4) is 0 Å². The summed E-state index contributed by atoms with van der Waals surface area (Å²) in [7, 11) is 0. The lowest BCUT2D eigenvalue weighted by atomic mass is 10.2. The van der Waals surface area contributed by atoms with Crippen molar-refractivity contribution in [3.63, 3.8) is 0 Å². The molecule has 1 saturated heterocycles. The van der Waals surface area contributed by atoms with E-state index in [1.54, 1.807) is 0 Å². The lowest BCUT2D eigenvalue weighted by Crippen LogP contribution is -2.32. The predicted molar refractivity (Wildman–Crippen MR) is 60.6 cm³/mol. The minimum Gasteiger partial charge on any atom is -0.394 e. The van der Waals surface area contributed by atoms with Gasteiger partial charge >= 0.3 is 5.69 Å². The van der Waals surface area contributed by atoms with Gasteiger partial charge in [0.05, 0.1) is 17.2 Å². The van der Waals surface area contributed by atoms with Crippen molar-refractivity contribution in [3.05, 3.63) is 31.5 Å². The molecule has 8 heteroatoms. The summed E-state index contributed by atoms with van der Waals surface area (Å²) in [6.07, 6.45) is -0.402.